The van der Waals surface area contributed by atoms with Crippen molar-refractivity contribution in [2.24, 2.45) is 5.92 Å². The summed E-state index contributed by atoms with van der Waals surface area (Å²) in [5, 5.41) is 3.08. The molecule has 1 aliphatic rings. The quantitative estimate of drug-likeness (QED) is 0.633. The third-order valence-corrected chi connectivity index (χ3v) is 6.05. The highest BCUT2D eigenvalue weighted by molar-refractivity contribution is 7.89. The van der Waals surface area contributed by atoms with Gasteiger partial charge >= 0.3 is 5.97 Å². The fourth-order valence-electron chi connectivity index (χ4n) is 2.89. The van der Waals surface area contributed by atoms with E-state index in [-0.39, 0.29) is 27.8 Å². The number of nitrogens with one attached hydrogen (secondary N) is 2. The lowest BCUT2D eigenvalue weighted by Gasteiger charge is -2.21. The molecule has 9 heteroatoms. The van der Waals surface area contributed by atoms with Crippen LogP contribution in [0.15, 0.2) is 29.2 Å². The highest BCUT2D eigenvalue weighted by atomic mass is 35.5. The van der Waals surface area contributed by atoms with Crippen molar-refractivity contribution in [3.63, 3.8) is 0 Å². The summed E-state index contributed by atoms with van der Waals surface area (Å²) in [6, 6.07) is 4.74. The maximum atomic E-state index is 12.5. The minimum Gasteiger partial charge on any atom is -0.454 e. The number of benzene rings is 1. The molecule has 27 heavy (non-hydrogen) atoms. The summed E-state index contributed by atoms with van der Waals surface area (Å²) in [6.07, 6.45) is 4.00. The number of esters is 1. The highest BCUT2D eigenvalue weighted by Crippen LogP contribution is 2.18. The van der Waals surface area contributed by atoms with Crippen LogP contribution in [-0.2, 0) is 24.3 Å². The molecule has 0 unspecified atom stereocenters. The van der Waals surface area contributed by atoms with Gasteiger partial charge in [-0.05, 0) is 37.0 Å². The van der Waals surface area contributed by atoms with Crippen molar-refractivity contribution in [3.8, 4) is 0 Å². The SMILES string of the molecule is CC(C)[C@H](NS(=O)(=O)c1cccc(Cl)c1)C(=O)OCC(=O)NC1CCCC1. The van der Waals surface area contributed by atoms with Gasteiger partial charge in [-0.1, -0.05) is 44.4 Å². The van der Waals surface area contributed by atoms with Gasteiger partial charge in [0, 0.05) is 11.1 Å². The summed E-state index contributed by atoms with van der Waals surface area (Å²) < 4.78 is 32.4. The van der Waals surface area contributed by atoms with Crippen LogP contribution in [0.1, 0.15) is 39.5 Å². The van der Waals surface area contributed by atoms with Gasteiger partial charge in [0.05, 0.1) is 4.90 Å². The van der Waals surface area contributed by atoms with Crippen LogP contribution in [-0.4, -0.2) is 39.0 Å². The maximum Gasteiger partial charge on any atom is 0.324 e. The molecule has 0 bridgehead atoms. The lowest BCUT2D eigenvalue weighted by atomic mass is 10.1. The molecule has 1 atom stereocenters. The molecule has 150 valence electrons. The van der Waals surface area contributed by atoms with Crippen LogP contribution in [0, 0.1) is 5.92 Å². The van der Waals surface area contributed by atoms with Crippen molar-refractivity contribution < 1.29 is 22.7 Å². The van der Waals surface area contributed by atoms with E-state index in [1.165, 1.54) is 18.2 Å². The Morgan fingerprint density at radius 3 is 2.52 bits per heavy atom. The van der Waals surface area contributed by atoms with Crippen molar-refractivity contribution in [3.05, 3.63) is 29.3 Å². The zero-order valence-electron chi connectivity index (χ0n) is 15.4. The predicted molar refractivity (Wildman–Crippen MR) is 102 cm³/mol. The van der Waals surface area contributed by atoms with Gasteiger partial charge in [-0.25, -0.2) is 8.42 Å². The van der Waals surface area contributed by atoms with Gasteiger partial charge in [0.15, 0.2) is 6.61 Å². The number of rotatable bonds is 8. The van der Waals surface area contributed by atoms with Crippen molar-refractivity contribution >= 4 is 33.5 Å². The van der Waals surface area contributed by atoms with Crippen molar-refractivity contribution in [1.82, 2.24) is 10.0 Å². The number of halogens is 1. The molecular weight excluding hydrogens is 392 g/mol. The summed E-state index contributed by atoms with van der Waals surface area (Å²) in [5.41, 5.74) is 0. The normalized spacial score (nSPS) is 16.3. The molecule has 0 saturated heterocycles. The first kappa shape index (κ1) is 21.7. The van der Waals surface area contributed by atoms with Crippen LogP contribution in [0.4, 0.5) is 0 Å². The van der Waals surface area contributed by atoms with Gasteiger partial charge < -0.3 is 10.1 Å². The molecule has 2 N–H and O–H groups in total. The van der Waals surface area contributed by atoms with E-state index in [0.29, 0.717) is 0 Å². The Morgan fingerprint density at radius 1 is 1.26 bits per heavy atom. The second-order valence-corrected chi connectivity index (χ2v) is 9.11. The van der Waals surface area contributed by atoms with E-state index in [2.05, 4.69) is 10.0 Å². The fraction of sp³-hybridized carbons (Fsp3) is 0.556. The summed E-state index contributed by atoms with van der Waals surface area (Å²) >= 11 is 5.84. The largest absolute Gasteiger partial charge is 0.454 e. The molecule has 1 saturated carbocycles. The zero-order valence-corrected chi connectivity index (χ0v) is 17.0. The molecule has 1 fully saturated rings. The third kappa shape index (κ3) is 6.48. The Balaban J connectivity index is 1.97. The van der Waals surface area contributed by atoms with E-state index in [1.807, 2.05) is 0 Å². The van der Waals surface area contributed by atoms with Crippen molar-refractivity contribution in [2.45, 2.75) is 56.5 Å². The molecule has 0 spiro atoms. The van der Waals surface area contributed by atoms with E-state index in [9.17, 15) is 18.0 Å². The van der Waals surface area contributed by atoms with Gasteiger partial charge in [-0.3, -0.25) is 9.59 Å². The van der Waals surface area contributed by atoms with E-state index < -0.39 is 28.6 Å². The smallest absolute Gasteiger partial charge is 0.324 e. The zero-order chi connectivity index (χ0) is 20.0. The second kappa shape index (κ2) is 9.52. The van der Waals surface area contributed by atoms with E-state index in [1.54, 1.807) is 19.9 Å². The summed E-state index contributed by atoms with van der Waals surface area (Å²) in [6.45, 7) is 2.94. The van der Waals surface area contributed by atoms with Crippen LogP contribution in [0.2, 0.25) is 5.02 Å². The molecule has 1 amide bonds. The number of carbonyl (C=O) groups is 2. The lowest BCUT2D eigenvalue weighted by Crippen LogP contribution is -2.46. The molecular formula is C18H25ClN2O5S. The fourth-order valence-corrected chi connectivity index (χ4v) is 4.53. The minimum absolute atomic E-state index is 0.0487. The topological polar surface area (TPSA) is 102 Å². The number of carbonyl (C=O) groups excluding carboxylic acids is 2. The first-order chi connectivity index (χ1) is 12.7. The Labute approximate surface area is 164 Å². The van der Waals surface area contributed by atoms with Crippen LogP contribution < -0.4 is 10.0 Å². The summed E-state index contributed by atoms with van der Waals surface area (Å²) in [7, 11) is -3.97. The van der Waals surface area contributed by atoms with Crippen LogP contribution in [0.3, 0.4) is 0 Å². The van der Waals surface area contributed by atoms with Crippen molar-refractivity contribution in [1.29, 1.82) is 0 Å². The predicted octanol–water partition coefficient (Wildman–Crippen LogP) is 2.24. The molecule has 2 rings (SSSR count). The second-order valence-electron chi connectivity index (χ2n) is 6.96. The van der Waals surface area contributed by atoms with Crippen LogP contribution in [0.25, 0.3) is 0 Å². The van der Waals surface area contributed by atoms with E-state index in [0.717, 1.165) is 25.7 Å². The number of hydrogen-bond donors (Lipinski definition) is 2. The number of sulfonamides is 1. The summed E-state index contributed by atoms with van der Waals surface area (Å²) in [4.78, 5) is 24.2. The van der Waals surface area contributed by atoms with Crippen molar-refractivity contribution in [2.75, 3.05) is 6.61 Å². The molecule has 0 aromatic heterocycles. The molecule has 1 aromatic carbocycles. The van der Waals surface area contributed by atoms with Gasteiger partial charge in [-0.15, -0.1) is 0 Å². The Hall–Kier alpha value is -1.64. The van der Waals surface area contributed by atoms with Gasteiger partial charge in [0.1, 0.15) is 6.04 Å². The maximum absolute atomic E-state index is 12.5. The lowest BCUT2D eigenvalue weighted by molar-refractivity contribution is -0.151. The molecule has 1 aromatic rings. The van der Waals surface area contributed by atoms with Crippen LogP contribution >= 0.6 is 11.6 Å². The van der Waals surface area contributed by atoms with Crippen LogP contribution in [0.5, 0.6) is 0 Å². The first-order valence-corrected chi connectivity index (χ1v) is 10.8. The number of ether oxygens (including phenoxy) is 1. The van der Waals surface area contributed by atoms with Gasteiger partial charge in [-0.2, -0.15) is 4.72 Å². The minimum atomic E-state index is -3.97. The average Bonchev–Trinajstić information content (AvgIpc) is 3.10. The van der Waals surface area contributed by atoms with E-state index in [4.69, 9.17) is 16.3 Å². The van der Waals surface area contributed by atoms with Gasteiger partial charge in [0.2, 0.25) is 10.0 Å². The average molecular weight is 417 g/mol. The molecule has 1 aliphatic carbocycles. The Morgan fingerprint density at radius 2 is 1.93 bits per heavy atom. The number of amides is 1. The highest BCUT2D eigenvalue weighted by Gasteiger charge is 2.30. The van der Waals surface area contributed by atoms with E-state index >= 15 is 0 Å². The first-order valence-electron chi connectivity index (χ1n) is 8.93. The third-order valence-electron chi connectivity index (χ3n) is 4.37. The number of hydrogen-bond acceptors (Lipinski definition) is 5. The molecule has 0 heterocycles. The molecule has 0 aliphatic heterocycles. The summed E-state index contributed by atoms with van der Waals surface area (Å²) in [5.74, 6) is -1.54. The molecule has 0 radical (unpaired) electrons. The monoisotopic (exact) mass is 416 g/mol. The Bertz CT molecular complexity index is 776. The molecule has 7 nitrogen and oxygen atoms in total. The Kier molecular flexibility index (Phi) is 7.64. The standard InChI is InChI=1S/C18H25ClN2O5S/c1-12(2)17(21-27(24,25)15-9-5-6-13(19)10-15)18(23)26-11-16(22)20-14-7-3-4-8-14/h5-6,9-10,12,14,17,21H,3-4,7-8,11H2,1-2H3,(H,20,22)/t17-/m0/s1. The van der Waals surface area contributed by atoms with Gasteiger partial charge in [0.25, 0.3) is 5.91 Å².